The Hall–Kier alpha value is -1.85. The Labute approximate surface area is 80.1 Å². The average Bonchev–Trinajstić information content (AvgIpc) is 2.44. The molecule has 0 saturated carbocycles. The first kappa shape index (κ1) is 10.2. The number of rotatable bonds is 3. The van der Waals surface area contributed by atoms with Gasteiger partial charge in [-0.25, -0.2) is 4.79 Å². The van der Waals surface area contributed by atoms with Crippen molar-refractivity contribution in [1.29, 1.82) is 0 Å². The molecule has 0 aliphatic rings. The van der Waals surface area contributed by atoms with Crippen LogP contribution in [0, 0.1) is 0 Å². The molecule has 0 spiro atoms. The highest BCUT2D eigenvalue weighted by molar-refractivity contribution is 5.90. The first-order valence-electron chi connectivity index (χ1n) is 3.87. The van der Waals surface area contributed by atoms with Crippen LogP contribution in [0.25, 0.3) is 0 Å². The predicted molar refractivity (Wildman–Crippen MR) is 45.9 cm³/mol. The molecule has 1 aromatic heterocycles. The van der Waals surface area contributed by atoms with Gasteiger partial charge in [0.1, 0.15) is 0 Å². The summed E-state index contributed by atoms with van der Waals surface area (Å²) in [5.41, 5.74) is 0.407. The third-order valence-electron chi connectivity index (χ3n) is 1.62. The maximum atomic E-state index is 11.1. The lowest BCUT2D eigenvalue weighted by Gasteiger charge is -1.96. The fourth-order valence-corrected chi connectivity index (χ4v) is 1.10. The van der Waals surface area contributed by atoms with Crippen LogP contribution in [0.4, 0.5) is 0 Å². The summed E-state index contributed by atoms with van der Waals surface area (Å²) in [4.78, 5) is 21.6. The minimum Gasteiger partial charge on any atom is -0.481 e. The van der Waals surface area contributed by atoms with Gasteiger partial charge in [-0.1, -0.05) is 0 Å². The van der Waals surface area contributed by atoms with Crippen molar-refractivity contribution in [3.05, 3.63) is 17.5 Å². The Bertz CT molecular complexity index is 369. The van der Waals surface area contributed by atoms with Crippen LogP contribution in [0.1, 0.15) is 16.1 Å². The zero-order valence-corrected chi connectivity index (χ0v) is 7.85. The van der Waals surface area contributed by atoms with Gasteiger partial charge in [-0.2, -0.15) is 5.10 Å². The first-order chi connectivity index (χ1) is 6.54. The summed E-state index contributed by atoms with van der Waals surface area (Å²) in [6.07, 6.45) is 1.25. The molecule has 0 fully saturated rings. The largest absolute Gasteiger partial charge is 0.481 e. The Kier molecular flexibility index (Phi) is 2.85. The Morgan fingerprint density at radius 1 is 1.64 bits per heavy atom. The van der Waals surface area contributed by atoms with Crippen LogP contribution < -0.4 is 0 Å². The molecule has 76 valence electrons. The number of ether oxygens (including phenoxy) is 1. The summed E-state index contributed by atoms with van der Waals surface area (Å²) in [5, 5.41) is 12.4. The number of aromatic nitrogens is 2. The Morgan fingerprint density at radius 2 is 2.29 bits per heavy atom. The summed E-state index contributed by atoms with van der Waals surface area (Å²) in [6.45, 7) is 0. The van der Waals surface area contributed by atoms with Crippen LogP contribution in [0.5, 0.6) is 0 Å². The summed E-state index contributed by atoms with van der Waals surface area (Å²) >= 11 is 0. The molecule has 0 aromatic carbocycles. The summed E-state index contributed by atoms with van der Waals surface area (Å²) in [5.74, 6) is -1.63. The van der Waals surface area contributed by atoms with Crippen molar-refractivity contribution in [3.8, 4) is 0 Å². The third kappa shape index (κ3) is 2.09. The van der Waals surface area contributed by atoms with Gasteiger partial charge in [-0.3, -0.25) is 9.48 Å². The molecule has 0 saturated heterocycles. The predicted octanol–water partition coefficient (Wildman–Crippen LogP) is -0.166. The highest BCUT2D eigenvalue weighted by atomic mass is 16.5. The Morgan fingerprint density at radius 3 is 2.79 bits per heavy atom. The SMILES string of the molecule is COC(=O)c1nn(C)cc1CC(=O)O. The number of hydrogen-bond donors (Lipinski definition) is 1. The molecule has 14 heavy (non-hydrogen) atoms. The van der Waals surface area contributed by atoms with Crippen molar-refractivity contribution in [2.75, 3.05) is 7.11 Å². The fourth-order valence-electron chi connectivity index (χ4n) is 1.10. The lowest BCUT2D eigenvalue weighted by molar-refractivity contribution is -0.136. The molecule has 0 aliphatic carbocycles. The number of carboxylic acid groups (broad SMARTS) is 1. The standard InChI is InChI=1S/C8H10N2O4/c1-10-4-5(3-6(11)12)7(9-10)8(13)14-2/h4H,3H2,1-2H3,(H,11,12). The molecule has 0 bridgehead atoms. The number of carbonyl (C=O) groups is 2. The fraction of sp³-hybridized carbons (Fsp3) is 0.375. The van der Waals surface area contributed by atoms with Crippen molar-refractivity contribution >= 4 is 11.9 Å². The molecule has 1 rings (SSSR count). The molecule has 1 heterocycles. The average molecular weight is 198 g/mol. The number of esters is 1. The number of carbonyl (C=O) groups excluding carboxylic acids is 1. The van der Waals surface area contributed by atoms with Gasteiger partial charge < -0.3 is 9.84 Å². The van der Waals surface area contributed by atoms with Crippen LogP contribution in [0.15, 0.2) is 6.20 Å². The van der Waals surface area contributed by atoms with E-state index < -0.39 is 11.9 Å². The van der Waals surface area contributed by atoms with E-state index in [1.807, 2.05) is 0 Å². The molecule has 1 aromatic rings. The van der Waals surface area contributed by atoms with E-state index in [0.29, 0.717) is 5.56 Å². The van der Waals surface area contributed by atoms with Crippen molar-refractivity contribution < 1.29 is 19.4 Å². The van der Waals surface area contributed by atoms with E-state index >= 15 is 0 Å². The van der Waals surface area contributed by atoms with Crippen LogP contribution in [-0.4, -0.2) is 33.9 Å². The molecular formula is C8H10N2O4. The lowest BCUT2D eigenvalue weighted by Crippen LogP contribution is -2.08. The normalized spacial score (nSPS) is 9.86. The van der Waals surface area contributed by atoms with Gasteiger partial charge in [-0.05, 0) is 0 Å². The van der Waals surface area contributed by atoms with Gasteiger partial charge in [0, 0.05) is 18.8 Å². The molecule has 0 radical (unpaired) electrons. The van der Waals surface area contributed by atoms with E-state index in [0.717, 1.165) is 0 Å². The van der Waals surface area contributed by atoms with E-state index in [2.05, 4.69) is 9.84 Å². The van der Waals surface area contributed by atoms with E-state index in [-0.39, 0.29) is 12.1 Å². The van der Waals surface area contributed by atoms with Crippen molar-refractivity contribution in [1.82, 2.24) is 9.78 Å². The second-order valence-corrected chi connectivity index (χ2v) is 2.74. The molecule has 0 aliphatic heterocycles. The number of aryl methyl sites for hydroxylation is 1. The molecule has 0 amide bonds. The number of nitrogens with zero attached hydrogens (tertiary/aromatic N) is 2. The lowest BCUT2D eigenvalue weighted by atomic mass is 10.2. The second-order valence-electron chi connectivity index (χ2n) is 2.74. The maximum absolute atomic E-state index is 11.1. The number of aliphatic carboxylic acids is 1. The van der Waals surface area contributed by atoms with Gasteiger partial charge in [0.25, 0.3) is 0 Å². The minimum absolute atomic E-state index is 0.0531. The molecule has 6 nitrogen and oxygen atoms in total. The number of hydrogen-bond acceptors (Lipinski definition) is 4. The van der Waals surface area contributed by atoms with Crippen LogP contribution in [0.3, 0.4) is 0 Å². The van der Waals surface area contributed by atoms with E-state index in [4.69, 9.17) is 5.11 Å². The third-order valence-corrected chi connectivity index (χ3v) is 1.62. The summed E-state index contributed by atoms with van der Waals surface area (Å²) < 4.78 is 5.84. The smallest absolute Gasteiger partial charge is 0.358 e. The van der Waals surface area contributed by atoms with Gasteiger partial charge in [0.15, 0.2) is 5.69 Å². The molecule has 6 heteroatoms. The molecule has 1 N–H and O–H groups in total. The van der Waals surface area contributed by atoms with Gasteiger partial charge >= 0.3 is 11.9 Å². The van der Waals surface area contributed by atoms with E-state index in [1.165, 1.54) is 18.0 Å². The van der Waals surface area contributed by atoms with E-state index in [1.54, 1.807) is 7.05 Å². The van der Waals surface area contributed by atoms with Gasteiger partial charge in [0.2, 0.25) is 0 Å². The first-order valence-corrected chi connectivity index (χ1v) is 3.87. The topological polar surface area (TPSA) is 81.4 Å². The molecule has 0 atom stereocenters. The summed E-state index contributed by atoms with van der Waals surface area (Å²) in [7, 11) is 2.83. The highest BCUT2D eigenvalue weighted by Crippen LogP contribution is 2.08. The number of carboxylic acids is 1. The molecular weight excluding hydrogens is 188 g/mol. The maximum Gasteiger partial charge on any atom is 0.358 e. The van der Waals surface area contributed by atoms with Crippen molar-refractivity contribution in [3.63, 3.8) is 0 Å². The molecule has 0 unspecified atom stereocenters. The zero-order valence-electron chi connectivity index (χ0n) is 7.85. The Balaban J connectivity index is 3.02. The summed E-state index contributed by atoms with van der Waals surface area (Å²) in [6, 6.07) is 0. The van der Waals surface area contributed by atoms with Crippen LogP contribution >= 0.6 is 0 Å². The van der Waals surface area contributed by atoms with Crippen molar-refractivity contribution in [2.24, 2.45) is 7.05 Å². The van der Waals surface area contributed by atoms with Crippen molar-refractivity contribution in [2.45, 2.75) is 6.42 Å². The highest BCUT2D eigenvalue weighted by Gasteiger charge is 2.18. The van der Waals surface area contributed by atoms with E-state index in [9.17, 15) is 9.59 Å². The van der Waals surface area contributed by atoms with Crippen LogP contribution in [0.2, 0.25) is 0 Å². The number of methoxy groups -OCH3 is 1. The zero-order chi connectivity index (χ0) is 10.7. The quantitative estimate of drug-likeness (QED) is 0.682. The van der Waals surface area contributed by atoms with Crippen LogP contribution in [-0.2, 0) is 23.0 Å². The monoisotopic (exact) mass is 198 g/mol. The second kappa shape index (κ2) is 3.91. The van der Waals surface area contributed by atoms with Gasteiger partial charge in [-0.15, -0.1) is 0 Å². The minimum atomic E-state index is -1.01. The van der Waals surface area contributed by atoms with Gasteiger partial charge in [0.05, 0.1) is 13.5 Å².